The molecule has 16 heavy (non-hydrogen) atoms. The SMILES string of the molecule is CC1CCCC2CCC3CCCC(C)C3C12. The van der Waals surface area contributed by atoms with Crippen LogP contribution in [0.15, 0.2) is 0 Å². The molecule has 3 fully saturated rings. The molecule has 0 aromatic rings. The summed E-state index contributed by atoms with van der Waals surface area (Å²) in [5.74, 6) is 6.53. The van der Waals surface area contributed by atoms with Crippen LogP contribution in [0.1, 0.15) is 65.2 Å². The van der Waals surface area contributed by atoms with Crippen LogP contribution in [-0.2, 0) is 0 Å². The molecule has 92 valence electrons. The van der Waals surface area contributed by atoms with Gasteiger partial charge in [-0.3, -0.25) is 0 Å². The minimum atomic E-state index is 1.03. The lowest BCUT2D eigenvalue weighted by molar-refractivity contribution is -0.0330. The quantitative estimate of drug-likeness (QED) is 0.545. The second kappa shape index (κ2) is 4.35. The summed E-state index contributed by atoms with van der Waals surface area (Å²) in [6, 6.07) is 0. The molecular formula is C16H28. The molecule has 0 aliphatic heterocycles. The van der Waals surface area contributed by atoms with E-state index in [-0.39, 0.29) is 0 Å². The summed E-state index contributed by atoms with van der Waals surface area (Å²) in [5, 5.41) is 0. The van der Waals surface area contributed by atoms with Crippen LogP contribution in [-0.4, -0.2) is 0 Å². The number of hydrogen-bond donors (Lipinski definition) is 0. The lowest BCUT2D eigenvalue weighted by atomic mass is 9.52. The largest absolute Gasteiger partial charge is 0.0622 e. The normalized spacial score (nSPS) is 52.9. The Hall–Kier alpha value is 0. The maximum absolute atomic E-state index is 2.56. The van der Waals surface area contributed by atoms with Gasteiger partial charge in [0.25, 0.3) is 0 Å². The van der Waals surface area contributed by atoms with E-state index in [1.165, 1.54) is 25.7 Å². The zero-order chi connectivity index (χ0) is 11.1. The molecule has 6 unspecified atom stereocenters. The van der Waals surface area contributed by atoms with Crippen LogP contribution in [0.25, 0.3) is 0 Å². The predicted molar refractivity (Wildman–Crippen MR) is 69.2 cm³/mol. The van der Waals surface area contributed by atoms with Crippen molar-refractivity contribution in [3.8, 4) is 0 Å². The zero-order valence-electron chi connectivity index (χ0n) is 11.1. The van der Waals surface area contributed by atoms with Gasteiger partial charge in [0.15, 0.2) is 0 Å². The van der Waals surface area contributed by atoms with Gasteiger partial charge in [0.2, 0.25) is 0 Å². The molecule has 6 atom stereocenters. The van der Waals surface area contributed by atoms with Gasteiger partial charge in [-0.1, -0.05) is 52.4 Å². The molecule has 0 saturated heterocycles. The van der Waals surface area contributed by atoms with Gasteiger partial charge in [-0.25, -0.2) is 0 Å². The first-order chi connectivity index (χ1) is 7.77. The second-order valence-corrected chi connectivity index (χ2v) is 7.07. The number of rotatable bonds is 0. The van der Waals surface area contributed by atoms with Crippen molar-refractivity contribution in [2.75, 3.05) is 0 Å². The van der Waals surface area contributed by atoms with E-state index < -0.39 is 0 Å². The number of hydrogen-bond acceptors (Lipinski definition) is 0. The molecular weight excluding hydrogens is 192 g/mol. The third kappa shape index (κ3) is 1.73. The van der Waals surface area contributed by atoms with Gasteiger partial charge in [0.05, 0.1) is 0 Å². The van der Waals surface area contributed by atoms with E-state index in [0.29, 0.717) is 0 Å². The molecule has 0 aromatic carbocycles. The van der Waals surface area contributed by atoms with Gasteiger partial charge >= 0.3 is 0 Å². The highest BCUT2D eigenvalue weighted by molar-refractivity contribution is 4.95. The molecule has 0 bridgehead atoms. The Labute approximate surface area is 101 Å². The molecule has 3 aliphatic carbocycles. The van der Waals surface area contributed by atoms with Crippen molar-refractivity contribution in [2.45, 2.75) is 65.2 Å². The van der Waals surface area contributed by atoms with Crippen LogP contribution in [0.3, 0.4) is 0 Å². The minimum Gasteiger partial charge on any atom is -0.0622 e. The van der Waals surface area contributed by atoms with Crippen molar-refractivity contribution >= 4 is 0 Å². The molecule has 0 heterocycles. The molecule has 0 amide bonds. The standard InChI is InChI=1S/C16H28/c1-11-5-3-7-13-9-10-14-8-4-6-12(2)16(14)15(11)13/h11-16H,3-10H2,1-2H3. The van der Waals surface area contributed by atoms with Crippen LogP contribution in [0.5, 0.6) is 0 Å². The van der Waals surface area contributed by atoms with E-state index in [2.05, 4.69) is 13.8 Å². The maximum Gasteiger partial charge on any atom is -0.0326 e. The Morgan fingerprint density at radius 3 is 1.44 bits per heavy atom. The van der Waals surface area contributed by atoms with E-state index in [0.717, 1.165) is 35.5 Å². The fourth-order valence-electron chi connectivity index (χ4n) is 5.59. The number of fused-ring (bicyclic) bond motifs is 3. The van der Waals surface area contributed by atoms with Crippen LogP contribution < -0.4 is 0 Å². The van der Waals surface area contributed by atoms with E-state index >= 15 is 0 Å². The highest BCUT2D eigenvalue weighted by atomic mass is 14.5. The molecule has 3 saturated carbocycles. The molecule has 0 spiro atoms. The van der Waals surface area contributed by atoms with Crippen LogP contribution in [0.4, 0.5) is 0 Å². The van der Waals surface area contributed by atoms with Gasteiger partial charge in [-0.15, -0.1) is 0 Å². The van der Waals surface area contributed by atoms with E-state index in [9.17, 15) is 0 Å². The van der Waals surface area contributed by atoms with E-state index in [1.807, 2.05) is 0 Å². The van der Waals surface area contributed by atoms with Crippen LogP contribution in [0, 0.1) is 35.5 Å². The average molecular weight is 220 g/mol. The summed E-state index contributed by atoms with van der Waals surface area (Å²) >= 11 is 0. The summed E-state index contributed by atoms with van der Waals surface area (Å²) in [6.45, 7) is 5.11. The third-order valence-corrected chi connectivity index (χ3v) is 6.22. The first-order valence-corrected chi connectivity index (χ1v) is 7.77. The van der Waals surface area contributed by atoms with Crippen molar-refractivity contribution in [1.82, 2.24) is 0 Å². The van der Waals surface area contributed by atoms with Crippen molar-refractivity contribution in [2.24, 2.45) is 35.5 Å². The Kier molecular flexibility index (Phi) is 3.02. The molecule has 0 N–H and O–H groups in total. The molecule has 0 nitrogen and oxygen atoms in total. The van der Waals surface area contributed by atoms with Crippen molar-refractivity contribution in [3.63, 3.8) is 0 Å². The summed E-state index contributed by atoms with van der Waals surface area (Å²) < 4.78 is 0. The first kappa shape index (κ1) is 11.1. The first-order valence-electron chi connectivity index (χ1n) is 7.77. The molecule has 0 aromatic heterocycles. The smallest absolute Gasteiger partial charge is 0.0326 e. The fourth-order valence-corrected chi connectivity index (χ4v) is 5.59. The van der Waals surface area contributed by atoms with Crippen molar-refractivity contribution in [3.05, 3.63) is 0 Å². The third-order valence-electron chi connectivity index (χ3n) is 6.22. The van der Waals surface area contributed by atoms with E-state index in [1.54, 1.807) is 25.7 Å². The predicted octanol–water partition coefficient (Wildman–Crippen LogP) is 4.89. The lowest BCUT2D eigenvalue weighted by Gasteiger charge is -2.53. The summed E-state index contributed by atoms with van der Waals surface area (Å²) in [6.07, 6.45) is 12.4. The Morgan fingerprint density at radius 2 is 1.00 bits per heavy atom. The van der Waals surface area contributed by atoms with E-state index in [4.69, 9.17) is 0 Å². The fraction of sp³-hybridized carbons (Fsp3) is 1.00. The van der Waals surface area contributed by atoms with Gasteiger partial charge in [0.1, 0.15) is 0 Å². The Bertz CT molecular complexity index is 218. The summed E-state index contributed by atoms with van der Waals surface area (Å²) in [4.78, 5) is 0. The highest BCUT2D eigenvalue weighted by Gasteiger charge is 2.46. The van der Waals surface area contributed by atoms with Crippen LogP contribution in [0.2, 0.25) is 0 Å². The highest BCUT2D eigenvalue weighted by Crippen LogP contribution is 2.54. The van der Waals surface area contributed by atoms with Gasteiger partial charge in [0, 0.05) is 0 Å². The molecule has 3 aliphatic rings. The second-order valence-electron chi connectivity index (χ2n) is 7.07. The maximum atomic E-state index is 2.56. The molecule has 3 rings (SSSR count). The van der Waals surface area contributed by atoms with Crippen LogP contribution >= 0.6 is 0 Å². The van der Waals surface area contributed by atoms with Gasteiger partial charge < -0.3 is 0 Å². The zero-order valence-corrected chi connectivity index (χ0v) is 11.1. The average Bonchev–Trinajstić information content (AvgIpc) is 2.29. The van der Waals surface area contributed by atoms with Crippen molar-refractivity contribution in [1.29, 1.82) is 0 Å². The van der Waals surface area contributed by atoms with Gasteiger partial charge in [-0.2, -0.15) is 0 Å². The summed E-state index contributed by atoms with van der Waals surface area (Å²) in [5.41, 5.74) is 0. The monoisotopic (exact) mass is 220 g/mol. The lowest BCUT2D eigenvalue weighted by Crippen LogP contribution is -2.45. The Morgan fingerprint density at radius 1 is 0.562 bits per heavy atom. The molecule has 0 heteroatoms. The molecule has 0 radical (unpaired) electrons. The summed E-state index contributed by atoms with van der Waals surface area (Å²) in [7, 11) is 0. The Balaban J connectivity index is 1.83. The minimum absolute atomic E-state index is 1.03. The topological polar surface area (TPSA) is 0 Å². The van der Waals surface area contributed by atoms with Crippen molar-refractivity contribution < 1.29 is 0 Å². The van der Waals surface area contributed by atoms with Gasteiger partial charge in [-0.05, 0) is 48.3 Å².